The summed E-state index contributed by atoms with van der Waals surface area (Å²) >= 11 is 0. The number of nitrogens with one attached hydrogen (secondary N) is 1. The van der Waals surface area contributed by atoms with Crippen molar-refractivity contribution in [3.05, 3.63) is 71.4 Å². The Morgan fingerprint density at radius 1 is 1.21 bits per heavy atom. The second-order valence-corrected chi connectivity index (χ2v) is 8.57. The Kier molecular flexibility index (Phi) is 5.65. The lowest BCUT2D eigenvalue weighted by atomic mass is 9.98. The van der Waals surface area contributed by atoms with Crippen LogP contribution < -0.4 is 10.1 Å². The summed E-state index contributed by atoms with van der Waals surface area (Å²) in [6.45, 7) is 3.17. The van der Waals surface area contributed by atoms with Crippen LogP contribution in [0.15, 0.2) is 48.8 Å². The molecule has 8 heteroatoms. The molecule has 0 saturated heterocycles. The molecule has 1 fully saturated rings. The summed E-state index contributed by atoms with van der Waals surface area (Å²) in [4.78, 5) is 20.3. The lowest BCUT2D eigenvalue weighted by Gasteiger charge is -2.12. The quantitative estimate of drug-likeness (QED) is 0.374. The Morgan fingerprint density at radius 2 is 2.03 bits per heavy atom. The van der Waals surface area contributed by atoms with Gasteiger partial charge in [0.1, 0.15) is 23.7 Å². The number of carboxylic acid groups (broad SMARTS) is 1. The van der Waals surface area contributed by atoms with Crippen molar-refractivity contribution in [1.29, 1.82) is 0 Å². The Morgan fingerprint density at radius 3 is 2.76 bits per heavy atom. The average Bonchev–Trinajstić information content (AvgIpc) is 3.63. The summed E-state index contributed by atoms with van der Waals surface area (Å²) in [5.41, 5.74) is 4.62. The minimum atomic E-state index is -0.899. The smallest absolute Gasteiger partial charge is 0.335 e. The first-order valence-electron chi connectivity index (χ1n) is 11.2. The normalized spacial score (nSPS) is 13.3. The predicted octanol–water partition coefficient (Wildman–Crippen LogP) is 5.24. The molecule has 1 aliphatic carbocycles. The number of hydrogen-bond acceptors (Lipinski definition) is 5. The van der Waals surface area contributed by atoms with E-state index in [2.05, 4.69) is 15.3 Å². The van der Waals surface area contributed by atoms with Crippen molar-refractivity contribution < 1.29 is 19.0 Å². The van der Waals surface area contributed by atoms with Gasteiger partial charge < -0.3 is 19.7 Å². The fourth-order valence-electron chi connectivity index (χ4n) is 4.45. The standard InChI is InChI=1S/C26H25FN4O3/c1-15-9-21-23(11-18(27)12-24(21)34-2)31(15)8-7-28-25-13-22(29-14-30-25)17-5-6-19(26(32)33)20(10-17)16-3-4-16/h5-6,9-14,16H,3-4,7-8H2,1-2H3,(H,32,33)(H,28,29,30). The lowest BCUT2D eigenvalue weighted by molar-refractivity contribution is 0.0695. The third-order valence-corrected chi connectivity index (χ3v) is 6.28. The highest BCUT2D eigenvalue weighted by Crippen LogP contribution is 2.43. The van der Waals surface area contributed by atoms with Crippen molar-refractivity contribution in [1.82, 2.24) is 14.5 Å². The topological polar surface area (TPSA) is 89.3 Å². The molecule has 2 heterocycles. The number of rotatable bonds is 8. The Hall–Kier alpha value is -3.94. The first-order valence-corrected chi connectivity index (χ1v) is 11.2. The van der Waals surface area contributed by atoms with Crippen LogP contribution in [0.5, 0.6) is 5.75 Å². The molecule has 0 amide bonds. The van der Waals surface area contributed by atoms with E-state index in [1.807, 2.05) is 29.7 Å². The number of aromatic carboxylic acids is 1. The lowest BCUT2D eigenvalue weighted by Crippen LogP contribution is -2.12. The van der Waals surface area contributed by atoms with E-state index in [4.69, 9.17) is 4.74 Å². The summed E-state index contributed by atoms with van der Waals surface area (Å²) in [7, 11) is 1.54. The van der Waals surface area contributed by atoms with Gasteiger partial charge in [-0.2, -0.15) is 0 Å². The maximum Gasteiger partial charge on any atom is 0.335 e. The molecule has 5 rings (SSSR count). The minimum Gasteiger partial charge on any atom is -0.496 e. The highest BCUT2D eigenvalue weighted by atomic mass is 19.1. The third kappa shape index (κ3) is 4.19. The molecule has 1 aliphatic rings. The zero-order chi connectivity index (χ0) is 23.8. The maximum absolute atomic E-state index is 14.1. The molecule has 7 nitrogen and oxygen atoms in total. The molecule has 1 saturated carbocycles. The summed E-state index contributed by atoms with van der Waals surface area (Å²) in [6.07, 6.45) is 3.53. The Balaban J connectivity index is 1.34. The minimum absolute atomic E-state index is 0.313. The number of aromatic nitrogens is 3. The predicted molar refractivity (Wildman–Crippen MR) is 128 cm³/mol. The molecule has 0 bridgehead atoms. The van der Waals surface area contributed by atoms with Crippen molar-refractivity contribution in [2.24, 2.45) is 0 Å². The second-order valence-electron chi connectivity index (χ2n) is 8.57. The van der Waals surface area contributed by atoms with E-state index in [1.54, 1.807) is 12.1 Å². The van der Waals surface area contributed by atoms with E-state index in [9.17, 15) is 14.3 Å². The van der Waals surface area contributed by atoms with Gasteiger partial charge in [-0.25, -0.2) is 19.2 Å². The van der Waals surface area contributed by atoms with E-state index in [1.165, 1.54) is 25.6 Å². The van der Waals surface area contributed by atoms with Gasteiger partial charge in [0.2, 0.25) is 0 Å². The number of fused-ring (bicyclic) bond motifs is 1. The zero-order valence-electron chi connectivity index (χ0n) is 19.0. The second kappa shape index (κ2) is 8.78. The highest BCUT2D eigenvalue weighted by Gasteiger charge is 2.28. The molecule has 2 aromatic heterocycles. The van der Waals surface area contributed by atoms with Crippen molar-refractivity contribution in [3.8, 4) is 17.0 Å². The Labute approximate surface area is 196 Å². The van der Waals surface area contributed by atoms with Gasteiger partial charge >= 0.3 is 5.97 Å². The van der Waals surface area contributed by atoms with Crippen molar-refractivity contribution in [2.75, 3.05) is 19.0 Å². The van der Waals surface area contributed by atoms with Crippen LogP contribution in [0.25, 0.3) is 22.2 Å². The van der Waals surface area contributed by atoms with Crippen molar-refractivity contribution in [2.45, 2.75) is 32.2 Å². The van der Waals surface area contributed by atoms with Crippen LogP contribution in [-0.4, -0.2) is 39.3 Å². The van der Waals surface area contributed by atoms with E-state index >= 15 is 0 Å². The molecule has 2 N–H and O–H groups in total. The summed E-state index contributed by atoms with van der Waals surface area (Å²) in [6, 6.07) is 12.2. The number of halogens is 1. The number of carboxylic acids is 1. The summed E-state index contributed by atoms with van der Waals surface area (Å²) < 4.78 is 21.4. The number of anilines is 1. The Bertz CT molecular complexity index is 1390. The number of benzene rings is 2. The first-order chi connectivity index (χ1) is 16.4. The molecular weight excluding hydrogens is 435 g/mol. The van der Waals surface area contributed by atoms with E-state index in [0.717, 1.165) is 46.3 Å². The van der Waals surface area contributed by atoms with Gasteiger partial charge in [-0.05, 0) is 55.5 Å². The van der Waals surface area contributed by atoms with E-state index in [-0.39, 0.29) is 5.82 Å². The monoisotopic (exact) mass is 460 g/mol. The van der Waals surface area contributed by atoms with Crippen LogP contribution in [0.2, 0.25) is 0 Å². The number of aryl methyl sites for hydroxylation is 1. The van der Waals surface area contributed by atoms with Crippen molar-refractivity contribution >= 4 is 22.7 Å². The van der Waals surface area contributed by atoms with Crippen LogP contribution in [0.4, 0.5) is 10.2 Å². The third-order valence-electron chi connectivity index (χ3n) is 6.28. The average molecular weight is 461 g/mol. The van der Waals surface area contributed by atoms with E-state index < -0.39 is 5.97 Å². The van der Waals surface area contributed by atoms with Gasteiger partial charge in [-0.15, -0.1) is 0 Å². The van der Waals surface area contributed by atoms with Crippen molar-refractivity contribution in [3.63, 3.8) is 0 Å². The van der Waals surface area contributed by atoms with E-state index in [0.29, 0.717) is 36.1 Å². The molecule has 174 valence electrons. The van der Waals surface area contributed by atoms with Crippen LogP contribution in [-0.2, 0) is 6.54 Å². The molecule has 2 aromatic carbocycles. The molecule has 0 unspecified atom stereocenters. The number of methoxy groups -OCH3 is 1. The van der Waals surface area contributed by atoms with Gasteiger partial charge in [-0.3, -0.25) is 0 Å². The van der Waals surface area contributed by atoms with Crippen LogP contribution in [0.1, 0.15) is 40.4 Å². The van der Waals surface area contributed by atoms with Crippen LogP contribution in [0.3, 0.4) is 0 Å². The molecule has 0 spiro atoms. The SMILES string of the molecule is COc1cc(F)cc2c1cc(C)n2CCNc1cc(-c2ccc(C(=O)O)c(C3CC3)c2)ncn1. The van der Waals surface area contributed by atoms with Gasteiger partial charge in [0, 0.05) is 41.9 Å². The molecule has 0 radical (unpaired) electrons. The summed E-state index contributed by atoms with van der Waals surface area (Å²) in [5, 5.41) is 13.7. The number of ether oxygens (including phenoxy) is 1. The van der Waals surface area contributed by atoms with Gasteiger partial charge in [0.25, 0.3) is 0 Å². The maximum atomic E-state index is 14.1. The van der Waals surface area contributed by atoms with Gasteiger partial charge in [0.15, 0.2) is 0 Å². The van der Waals surface area contributed by atoms with Crippen LogP contribution >= 0.6 is 0 Å². The van der Waals surface area contributed by atoms with Gasteiger partial charge in [-0.1, -0.05) is 6.07 Å². The summed E-state index contributed by atoms with van der Waals surface area (Å²) in [5.74, 6) is 0.261. The van der Waals surface area contributed by atoms with Gasteiger partial charge in [0.05, 0.1) is 23.9 Å². The van der Waals surface area contributed by atoms with Crippen LogP contribution in [0, 0.1) is 12.7 Å². The zero-order valence-corrected chi connectivity index (χ0v) is 19.0. The fourth-order valence-corrected chi connectivity index (χ4v) is 4.45. The molecule has 4 aromatic rings. The molecule has 0 aliphatic heterocycles. The molecular formula is C26H25FN4O3. The number of hydrogen-bond donors (Lipinski definition) is 2. The number of carbonyl (C=O) groups is 1. The molecule has 34 heavy (non-hydrogen) atoms. The fraction of sp³-hybridized carbons (Fsp3) is 0.269. The number of nitrogens with zero attached hydrogens (tertiary/aromatic N) is 3. The largest absolute Gasteiger partial charge is 0.496 e. The highest BCUT2D eigenvalue weighted by molar-refractivity contribution is 5.91. The first kappa shape index (κ1) is 21.9. The molecule has 0 atom stereocenters.